The summed E-state index contributed by atoms with van der Waals surface area (Å²) in [4.78, 5) is 27.2. The molecule has 0 saturated heterocycles. The number of nitrogens with one attached hydrogen (secondary N) is 1. The molecule has 1 aromatic rings. The molecule has 1 unspecified atom stereocenters. The SMILES string of the molecule is CC1=CC(=O)C(c2cccnc2)C(=O)N1. The van der Waals surface area contributed by atoms with Gasteiger partial charge in [-0.3, -0.25) is 14.6 Å². The summed E-state index contributed by atoms with van der Waals surface area (Å²) in [5.41, 5.74) is 1.22. The van der Waals surface area contributed by atoms with Crippen molar-refractivity contribution in [1.29, 1.82) is 0 Å². The van der Waals surface area contributed by atoms with Gasteiger partial charge in [-0.2, -0.15) is 0 Å². The lowest BCUT2D eigenvalue weighted by atomic mass is 9.92. The summed E-state index contributed by atoms with van der Waals surface area (Å²) >= 11 is 0. The molecule has 1 amide bonds. The Bertz CT molecular complexity index is 437. The number of nitrogens with zero attached hydrogens (tertiary/aromatic N) is 1. The minimum Gasteiger partial charge on any atom is -0.329 e. The minimum absolute atomic E-state index is 0.191. The molecule has 0 saturated carbocycles. The van der Waals surface area contributed by atoms with Crippen LogP contribution in [0.15, 0.2) is 36.3 Å². The van der Waals surface area contributed by atoms with Gasteiger partial charge in [-0.1, -0.05) is 6.07 Å². The van der Waals surface area contributed by atoms with Gasteiger partial charge in [0.2, 0.25) is 5.91 Å². The van der Waals surface area contributed by atoms with Gasteiger partial charge >= 0.3 is 0 Å². The third-order valence-corrected chi connectivity index (χ3v) is 2.24. The van der Waals surface area contributed by atoms with Gasteiger partial charge in [0.1, 0.15) is 5.92 Å². The molecule has 1 N–H and O–H groups in total. The molecule has 1 aliphatic rings. The first kappa shape index (κ1) is 9.58. The predicted octanol–water partition coefficient (Wildman–Crippen LogP) is 0.768. The zero-order chi connectivity index (χ0) is 10.8. The molecule has 2 rings (SSSR count). The molecule has 0 aromatic carbocycles. The first-order valence-electron chi connectivity index (χ1n) is 4.61. The third kappa shape index (κ3) is 1.79. The second kappa shape index (κ2) is 3.65. The van der Waals surface area contributed by atoms with E-state index < -0.39 is 5.92 Å². The molecule has 0 aliphatic carbocycles. The number of ketones is 1. The lowest BCUT2D eigenvalue weighted by Gasteiger charge is -2.19. The van der Waals surface area contributed by atoms with Gasteiger partial charge in [-0.05, 0) is 18.6 Å². The van der Waals surface area contributed by atoms with Gasteiger partial charge in [0.15, 0.2) is 5.78 Å². The topological polar surface area (TPSA) is 59.1 Å². The fourth-order valence-corrected chi connectivity index (χ4v) is 1.59. The Kier molecular flexibility index (Phi) is 2.33. The van der Waals surface area contributed by atoms with E-state index in [1.807, 2.05) is 0 Å². The quantitative estimate of drug-likeness (QED) is 0.684. The van der Waals surface area contributed by atoms with Gasteiger partial charge in [0, 0.05) is 24.2 Å². The molecule has 1 aliphatic heterocycles. The maximum Gasteiger partial charge on any atom is 0.239 e. The van der Waals surface area contributed by atoms with Crippen molar-refractivity contribution in [3.05, 3.63) is 41.9 Å². The highest BCUT2D eigenvalue weighted by atomic mass is 16.2. The van der Waals surface area contributed by atoms with Crippen molar-refractivity contribution in [3.63, 3.8) is 0 Å². The Hall–Kier alpha value is -1.97. The van der Waals surface area contributed by atoms with Crippen LogP contribution in [0.1, 0.15) is 18.4 Å². The second-order valence-electron chi connectivity index (χ2n) is 3.44. The average molecular weight is 202 g/mol. The monoisotopic (exact) mass is 202 g/mol. The molecule has 0 spiro atoms. The number of pyridine rings is 1. The van der Waals surface area contributed by atoms with Gasteiger partial charge in [-0.15, -0.1) is 0 Å². The molecule has 1 aromatic heterocycles. The molecule has 4 nitrogen and oxygen atoms in total. The number of hydrogen-bond acceptors (Lipinski definition) is 3. The highest BCUT2D eigenvalue weighted by molar-refractivity contribution is 6.14. The standard InChI is InChI=1S/C11H10N2O2/c1-7-5-9(14)10(11(15)13-7)8-3-2-4-12-6-8/h2-6,10H,1H3,(H,13,15). The Balaban J connectivity index is 2.39. The summed E-state index contributed by atoms with van der Waals surface area (Å²) < 4.78 is 0. The van der Waals surface area contributed by atoms with Crippen LogP contribution in [0.2, 0.25) is 0 Å². The number of carbonyl (C=O) groups excluding carboxylic acids is 2. The van der Waals surface area contributed by atoms with E-state index in [4.69, 9.17) is 0 Å². The third-order valence-electron chi connectivity index (χ3n) is 2.24. The molecule has 0 bridgehead atoms. The molecule has 1 atom stereocenters. The normalized spacial score (nSPS) is 20.9. The van der Waals surface area contributed by atoms with E-state index in [1.54, 1.807) is 25.3 Å². The highest BCUT2D eigenvalue weighted by Gasteiger charge is 2.30. The van der Waals surface area contributed by atoms with Crippen LogP contribution in [0.5, 0.6) is 0 Å². The predicted molar refractivity (Wildman–Crippen MR) is 53.9 cm³/mol. The number of hydrogen-bond donors (Lipinski definition) is 1. The number of allylic oxidation sites excluding steroid dienone is 2. The van der Waals surface area contributed by atoms with Crippen LogP contribution in [0, 0.1) is 0 Å². The van der Waals surface area contributed by atoms with E-state index in [9.17, 15) is 9.59 Å². The van der Waals surface area contributed by atoms with E-state index in [2.05, 4.69) is 10.3 Å². The summed E-state index contributed by atoms with van der Waals surface area (Å²) in [6, 6.07) is 3.44. The van der Waals surface area contributed by atoms with E-state index in [0.29, 0.717) is 11.3 Å². The first-order chi connectivity index (χ1) is 7.18. The van der Waals surface area contributed by atoms with Gasteiger partial charge in [0.05, 0.1) is 0 Å². The van der Waals surface area contributed by atoms with Crippen molar-refractivity contribution < 1.29 is 9.59 Å². The summed E-state index contributed by atoms with van der Waals surface area (Å²) in [5, 5.41) is 2.63. The lowest BCUT2D eigenvalue weighted by molar-refractivity contribution is -0.128. The summed E-state index contributed by atoms with van der Waals surface area (Å²) in [6.45, 7) is 1.69. The fraction of sp³-hybridized carbons (Fsp3) is 0.182. The molecule has 4 heteroatoms. The number of amides is 1. The van der Waals surface area contributed by atoms with Crippen LogP contribution in [0.25, 0.3) is 0 Å². The van der Waals surface area contributed by atoms with Crippen LogP contribution < -0.4 is 5.32 Å². The summed E-state index contributed by atoms with van der Waals surface area (Å²) in [5.74, 6) is -1.22. The maximum atomic E-state index is 11.7. The minimum atomic E-state index is -0.748. The fourth-order valence-electron chi connectivity index (χ4n) is 1.59. The second-order valence-corrected chi connectivity index (χ2v) is 3.44. The van der Waals surface area contributed by atoms with Crippen LogP contribution >= 0.6 is 0 Å². The van der Waals surface area contributed by atoms with Crippen molar-refractivity contribution in [3.8, 4) is 0 Å². The Morgan fingerprint density at radius 2 is 2.20 bits per heavy atom. The largest absolute Gasteiger partial charge is 0.329 e. The molecule has 0 radical (unpaired) electrons. The van der Waals surface area contributed by atoms with Crippen LogP contribution in [-0.2, 0) is 9.59 Å². The molecule has 15 heavy (non-hydrogen) atoms. The van der Waals surface area contributed by atoms with Crippen molar-refractivity contribution in [2.24, 2.45) is 0 Å². The van der Waals surface area contributed by atoms with Crippen LogP contribution in [-0.4, -0.2) is 16.7 Å². The number of aromatic nitrogens is 1. The van der Waals surface area contributed by atoms with Gasteiger partial charge < -0.3 is 5.32 Å². The lowest BCUT2D eigenvalue weighted by Crippen LogP contribution is -2.36. The molecule has 0 fully saturated rings. The van der Waals surface area contributed by atoms with Crippen molar-refractivity contribution in [2.75, 3.05) is 0 Å². The van der Waals surface area contributed by atoms with Crippen LogP contribution in [0.3, 0.4) is 0 Å². The number of rotatable bonds is 1. The Labute approximate surface area is 87.0 Å². The first-order valence-corrected chi connectivity index (χ1v) is 4.61. The van der Waals surface area contributed by atoms with E-state index in [0.717, 1.165) is 0 Å². The van der Waals surface area contributed by atoms with Crippen molar-refractivity contribution in [2.45, 2.75) is 12.8 Å². The van der Waals surface area contributed by atoms with E-state index in [1.165, 1.54) is 12.3 Å². The van der Waals surface area contributed by atoms with Gasteiger partial charge in [0.25, 0.3) is 0 Å². The maximum absolute atomic E-state index is 11.7. The molecular formula is C11H10N2O2. The zero-order valence-electron chi connectivity index (χ0n) is 8.23. The summed E-state index contributed by atoms with van der Waals surface area (Å²) in [6.07, 6.45) is 4.59. The summed E-state index contributed by atoms with van der Waals surface area (Å²) in [7, 11) is 0. The van der Waals surface area contributed by atoms with Crippen molar-refractivity contribution in [1.82, 2.24) is 10.3 Å². The highest BCUT2D eigenvalue weighted by Crippen LogP contribution is 2.20. The van der Waals surface area contributed by atoms with Crippen molar-refractivity contribution >= 4 is 11.7 Å². The molecule has 76 valence electrons. The van der Waals surface area contributed by atoms with Crippen LogP contribution in [0.4, 0.5) is 0 Å². The Morgan fingerprint density at radius 3 is 2.80 bits per heavy atom. The van der Waals surface area contributed by atoms with E-state index >= 15 is 0 Å². The average Bonchev–Trinajstić information content (AvgIpc) is 2.17. The molecule has 2 heterocycles. The molecular weight excluding hydrogens is 192 g/mol. The Morgan fingerprint density at radius 1 is 1.40 bits per heavy atom. The van der Waals surface area contributed by atoms with Gasteiger partial charge in [-0.25, -0.2) is 0 Å². The zero-order valence-corrected chi connectivity index (χ0v) is 8.23. The number of carbonyl (C=O) groups is 2. The smallest absolute Gasteiger partial charge is 0.239 e. The van der Waals surface area contributed by atoms with E-state index in [-0.39, 0.29) is 11.7 Å².